The van der Waals surface area contributed by atoms with Crippen LogP contribution in [-0.2, 0) is 12.8 Å². The van der Waals surface area contributed by atoms with E-state index in [-0.39, 0.29) is 10.6 Å². The van der Waals surface area contributed by atoms with Crippen LogP contribution in [0.5, 0.6) is 0 Å². The summed E-state index contributed by atoms with van der Waals surface area (Å²) in [6.45, 7) is 2.13. The number of benzene rings is 1. The first-order chi connectivity index (χ1) is 8.61. The Labute approximate surface area is 124 Å². The van der Waals surface area contributed by atoms with E-state index in [4.69, 9.17) is 11.6 Å². The Hall–Kier alpha value is -0.380. The van der Waals surface area contributed by atoms with Crippen molar-refractivity contribution in [1.29, 1.82) is 0 Å². The Bertz CT molecular complexity index is 518. The average Bonchev–Trinajstić information content (AvgIpc) is 2.82. The molecule has 4 heteroatoms. The average molecular weight is 348 g/mol. The summed E-state index contributed by atoms with van der Waals surface area (Å²) < 4.78 is 13.7. The molecular formula is C14H13BrClFS. The summed E-state index contributed by atoms with van der Waals surface area (Å²) in [6.07, 6.45) is 1.60. The van der Waals surface area contributed by atoms with Gasteiger partial charge in [0, 0.05) is 20.3 Å². The summed E-state index contributed by atoms with van der Waals surface area (Å²) in [4.78, 5) is 2.66. The Morgan fingerprint density at radius 1 is 1.33 bits per heavy atom. The number of thiophene rings is 1. The predicted molar refractivity (Wildman–Crippen MR) is 80.5 cm³/mol. The Morgan fingerprint density at radius 2 is 2.11 bits per heavy atom. The maximum absolute atomic E-state index is 13.7. The Kier molecular flexibility index (Phi) is 4.82. The minimum Gasteiger partial charge on any atom is -0.207 e. The summed E-state index contributed by atoms with van der Waals surface area (Å²) >= 11 is 11.4. The van der Waals surface area contributed by atoms with Gasteiger partial charge in [-0.05, 0) is 37.1 Å². The van der Waals surface area contributed by atoms with Gasteiger partial charge in [0.25, 0.3) is 0 Å². The van der Waals surface area contributed by atoms with Crippen molar-refractivity contribution in [3.8, 4) is 0 Å². The zero-order chi connectivity index (χ0) is 13.1. The minimum absolute atomic E-state index is 0.109. The third kappa shape index (κ3) is 3.14. The van der Waals surface area contributed by atoms with E-state index >= 15 is 0 Å². The van der Waals surface area contributed by atoms with Crippen molar-refractivity contribution in [1.82, 2.24) is 0 Å². The van der Waals surface area contributed by atoms with Gasteiger partial charge < -0.3 is 0 Å². The van der Waals surface area contributed by atoms with Crippen molar-refractivity contribution in [2.45, 2.75) is 24.6 Å². The molecule has 0 N–H and O–H groups in total. The molecule has 0 fully saturated rings. The summed E-state index contributed by atoms with van der Waals surface area (Å²) in [6, 6.07) is 9.03. The maximum atomic E-state index is 13.7. The molecule has 0 aliphatic carbocycles. The molecule has 2 rings (SSSR count). The zero-order valence-electron chi connectivity index (χ0n) is 9.92. The van der Waals surface area contributed by atoms with Crippen LogP contribution in [0.2, 0.25) is 5.02 Å². The van der Waals surface area contributed by atoms with Crippen LogP contribution < -0.4 is 0 Å². The van der Waals surface area contributed by atoms with Crippen LogP contribution in [-0.4, -0.2) is 0 Å². The van der Waals surface area contributed by atoms with Crippen molar-refractivity contribution >= 4 is 38.9 Å². The normalized spacial score (nSPS) is 12.7. The molecule has 0 saturated carbocycles. The molecule has 0 bridgehead atoms. The monoisotopic (exact) mass is 346 g/mol. The summed E-state index contributed by atoms with van der Waals surface area (Å²) in [5, 5.41) is 0.492. The van der Waals surface area contributed by atoms with Crippen molar-refractivity contribution < 1.29 is 4.39 Å². The lowest BCUT2D eigenvalue weighted by molar-refractivity contribution is 0.609. The van der Waals surface area contributed by atoms with Gasteiger partial charge in [-0.25, -0.2) is 4.39 Å². The molecule has 0 saturated heterocycles. The lowest BCUT2D eigenvalue weighted by Gasteiger charge is -2.10. The van der Waals surface area contributed by atoms with Crippen LogP contribution in [0.15, 0.2) is 30.3 Å². The largest absolute Gasteiger partial charge is 0.207 e. The highest BCUT2D eigenvalue weighted by molar-refractivity contribution is 9.09. The fraction of sp³-hybridized carbons (Fsp3) is 0.286. The van der Waals surface area contributed by atoms with E-state index in [1.54, 1.807) is 23.5 Å². The number of alkyl halides is 1. The highest BCUT2D eigenvalue weighted by Gasteiger charge is 2.15. The van der Waals surface area contributed by atoms with E-state index in [0.717, 1.165) is 6.42 Å². The highest BCUT2D eigenvalue weighted by atomic mass is 79.9. The number of hydrogen-bond acceptors (Lipinski definition) is 1. The van der Waals surface area contributed by atoms with Crippen LogP contribution >= 0.6 is 38.9 Å². The lowest BCUT2D eigenvalue weighted by atomic mass is 10.1. The van der Waals surface area contributed by atoms with Gasteiger partial charge in [-0.2, -0.15) is 0 Å². The smallest absolute Gasteiger partial charge is 0.127 e. The van der Waals surface area contributed by atoms with Gasteiger partial charge in [-0.1, -0.05) is 40.5 Å². The summed E-state index contributed by atoms with van der Waals surface area (Å²) in [5.74, 6) is -0.237. The molecule has 18 heavy (non-hydrogen) atoms. The number of hydrogen-bond donors (Lipinski definition) is 0. The molecule has 1 unspecified atom stereocenters. The second-order valence-corrected chi connectivity index (χ2v) is 6.74. The van der Waals surface area contributed by atoms with Crippen molar-refractivity contribution in [2.24, 2.45) is 0 Å². The first-order valence-electron chi connectivity index (χ1n) is 5.77. The molecule has 1 atom stereocenters. The van der Waals surface area contributed by atoms with E-state index in [1.807, 2.05) is 0 Å². The van der Waals surface area contributed by atoms with Crippen molar-refractivity contribution in [3.63, 3.8) is 0 Å². The van der Waals surface area contributed by atoms with Crippen LogP contribution in [0.3, 0.4) is 0 Å². The molecule has 0 aliphatic rings. The first kappa shape index (κ1) is 14.0. The summed E-state index contributed by atoms with van der Waals surface area (Å²) in [5.41, 5.74) is 0.576. The molecule has 1 aromatic heterocycles. The zero-order valence-corrected chi connectivity index (χ0v) is 13.1. The SMILES string of the molecule is CCc1ccc(C(Br)Cc2c(F)cccc2Cl)s1. The van der Waals surface area contributed by atoms with Crippen LogP contribution in [0.4, 0.5) is 4.39 Å². The Morgan fingerprint density at radius 3 is 2.72 bits per heavy atom. The minimum atomic E-state index is -0.237. The van der Waals surface area contributed by atoms with Crippen LogP contribution in [0, 0.1) is 5.82 Å². The topological polar surface area (TPSA) is 0 Å². The van der Waals surface area contributed by atoms with Gasteiger partial charge >= 0.3 is 0 Å². The van der Waals surface area contributed by atoms with Crippen LogP contribution in [0.25, 0.3) is 0 Å². The molecule has 0 aliphatic heterocycles. The standard InChI is InChI=1S/C14H13BrClFS/c1-2-9-6-7-14(18-9)11(15)8-10-12(16)4-3-5-13(10)17/h3-7,11H,2,8H2,1H3. The van der Waals surface area contributed by atoms with E-state index in [9.17, 15) is 4.39 Å². The number of rotatable bonds is 4. The molecule has 1 heterocycles. The lowest BCUT2D eigenvalue weighted by Crippen LogP contribution is -1.97. The fourth-order valence-electron chi connectivity index (χ4n) is 1.76. The second kappa shape index (κ2) is 6.18. The second-order valence-electron chi connectivity index (χ2n) is 4.03. The molecule has 2 aromatic rings. The van der Waals surface area contributed by atoms with Crippen molar-refractivity contribution in [2.75, 3.05) is 0 Å². The first-order valence-corrected chi connectivity index (χ1v) is 7.88. The van der Waals surface area contributed by atoms with Gasteiger partial charge in [0.2, 0.25) is 0 Å². The predicted octanol–water partition coefficient (Wildman–Crippen LogP) is 5.78. The quantitative estimate of drug-likeness (QED) is 0.615. The Balaban J connectivity index is 2.18. The van der Waals surface area contributed by atoms with E-state index < -0.39 is 0 Å². The van der Waals surface area contributed by atoms with Gasteiger partial charge in [0.05, 0.1) is 4.83 Å². The van der Waals surface area contributed by atoms with E-state index in [1.165, 1.54) is 15.8 Å². The fourth-order valence-corrected chi connectivity index (χ4v) is 3.69. The van der Waals surface area contributed by atoms with Crippen LogP contribution in [0.1, 0.15) is 27.1 Å². The van der Waals surface area contributed by atoms with E-state index in [0.29, 0.717) is 17.0 Å². The summed E-state index contributed by atoms with van der Waals surface area (Å²) in [7, 11) is 0. The molecule has 0 amide bonds. The van der Waals surface area contributed by atoms with Crippen molar-refractivity contribution in [3.05, 3.63) is 56.5 Å². The van der Waals surface area contributed by atoms with Gasteiger partial charge in [0.1, 0.15) is 5.82 Å². The third-order valence-corrected chi connectivity index (χ3v) is 5.60. The third-order valence-electron chi connectivity index (χ3n) is 2.78. The molecule has 1 aromatic carbocycles. The molecule has 0 spiro atoms. The van der Waals surface area contributed by atoms with Gasteiger partial charge in [0.15, 0.2) is 0 Å². The van der Waals surface area contributed by atoms with Gasteiger partial charge in [-0.15, -0.1) is 11.3 Å². The van der Waals surface area contributed by atoms with Gasteiger partial charge in [-0.3, -0.25) is 0 Å². The maximum Gasteiger partial charge on any atom is 0.127 e. The number of halogens is 3. The van der Waals surface area contributed by atoms with E-state index in [2.05, 4.69) is 35.0 Å². The molecule has 96 valence electrons. The molecular weight excluding hydrogens is 335 g/mol. The molecule has 0 radical (unpaired) electrons. The molecule has 0 nitrogen and oxygen atoms in total. The number of aryl methyl sites for hydroxylation is 1. The highest BCUT2D eigenvalue weighted by Crippen LogP contribution is 2.35.